The van der Waals surface area contributed by atoms with E-state index in [4.69, 9.17) is 0 Å². The first-order chi connectivity index (χ1) is 17.8. The quantitative estimate of drug-likeness (QED) is 0.0763. The molecule has 1 saturated heterocycles. The predicted molar refractivity (Wildman–Crippen MR) is 146 cm³/mol. The number of nitrogens with zero attached hydrogens (tertiary/aromatic N) is 1. The number of likely N-dealkylation sites (tertiary alicyclic amines) is 1. The van der Waals surface area contributed by atoms with Gasteiger partial charge in [0, 0.05) is 30.2 Å². The van der Waals surface area contributed by atoms with E-state index >= 15 is 0 Å². The van der Waals surface area contributed by atoms with Crippen molar-refractivity contribution in [3.63, 3.8) is 0 Å². The van der Waals surface area contributed by atoms with Crippen molar-refractivity contribution in [3.8, 4) is 0 Å². The topological polar surface area (TPSA) is 163 Å². The monoisotopic (exact) mass is 557 g/mol. The fourth-order valence-electron chi connectivity index (χ4n) is 5.83. The summed E-state index contributed by atoms with van der Waals surface area (Å²) in [6.07, 6.45) is 6.54. The molecule has 218 valence electrons. The second-order valence-corrected chi connectivity index (χ2v) is 13.2. The molecule has 0 aromatic rings. The lowest BCUT2D eigenvalue weighted by molar-refractivity contribution is -0.137. The minimum absolute atomic E-state index is 0.0669. The summed E-state index contributed by atoms with van der Waals surface area (Å²) in [5, 5.41) is 33.8. The van der Waals surface area contributed by atoms with E-state index in [2.05, 4.69) is 46.9 Å². The minimum atomic E-state index is -1.98. The molecular weight excluding hydrogens is 510 g/mol. The van der Waals surface area contributed by atoms with Gasteiger partial charge in [-0.3, -0.25) is 20.2 Å². The summed E-state index contributed by atoms with van der Waals surface area (Å²) in [6, 6.07) is -0.275. The van der Waals surface area contributed by atoms with Crippen LogP contribution in [0.3, 0.4) is 0 Å². The van der Waals surface area contributed by atoms with E-state index in [-0.39, 0.29) is 41.7 Å². The molecule has 3 fully saturated rings. The Bertz CT molecular complexity index is 897. The number of allylic oxidation sites excluding steroid dienone is 1. The van der Waals surface area contributed by atoms with Crippen molar-refractivity contribution in [2.75, 3.05) is 18.8 Å². The van der Waals surface area contributed by atoms with Gasteiger partial charge < -0.3 is 30.3 Å². The Morgan fingerprint density at radius 2 is 1.82 bits per heavy atom. The maximum absolute atomic E-state index is 12.2. The molecule has 1 aliphatic heterocycles. The highest BCUT2D eigenvalue weighted by molar-refractivity contribution is 7.79. The van der Waals surface area contributed by atoms with E-state index in [1.165, 1.54) is 0 Å². The minimum Gasteiger partial charge on any atom is -0.494 e. The number of ketones is 1. The summed E-state index contributed by atoms with van der Waals surface area (Å²) in [7, 11) is 0. The van der Waals surface area contributed by atoms with Crippen molar-refractivity contribution in [1.82, 2.24) is 26.2 Å². The van der Waals surface area contributed by atoms with Crippen molar-refractivity contribution in [2.24, 2.45) is 5.41 Å². The number of amides is 1. The number of rotatable bonds is 13. The van der Waals surface area contributed by atoms with Crippen LogP contribution in [0.2, 0.25) is 0 Å². The summed E-state index contributed by atoms with van der Waals surface area (Å²) in [5.41, 5.74) is -0.212. The van der Waals surface area contributed by atoms with Crippen LogP contribution in [-0.4, -0.2) is 84.4 Å². The number of aliphatic hydroxyl groups excluding tert-OH is 2. The van der Waals surface area contributed by atoms with Crippen LogP contribution in [0.25, 0.3) is 0 Å². The molecule has 38 heavy (non-hydrogen) atoms. The largest absolute Gasteiger partial charge is 0.494 e. The summed E-state index contributed by atoms with van der Waals surface area (Å²) < 4.78 is 21.3. The molecule has 2 aliphatic carbocycles. The smallest absolute Gasteiger partial charge is 0.289 e. The lowest BCUT2D eigenvalue weighted by Gasteiger charge is -2.45. The van der Waals surface area contributed by atoms with Gasteiger partial charge in [-0.25, -0.2) is 4.21 Å². The molecule has 2 saturated carbocycles. The van der Waals surface area contributed by atoms with Crippen LogP contribution in [0.4, 0.5) is 0 Å². The van der Waals surface area contributed by atoms with Crippen LogP contribution < -0.4 is 21.3 Å². The molecule has 3 rings (SSSR count). The Labute approximate surface area is 228 Å². The molecular formula is C26H47N5O6S. The predicted octanol–water partition coefficient (Wildman–Crippen LogP) is 1.43. The Hall–Kier alpha value is -1.73. The summed E-state index contributed by atoms with van der Waals surface area (Å²) in [4.78, 5) is 26.2. The fraction of sp³-hybridized carbons (Fsp3) is 0.846. The maximum Gasteiger partial charge on any atom is 0.289 e. The van der Waals surface area contributed by atoms with Gasteiger partial charge >= 0.3 is 0 Å². The first-order valence-electron chi connectivity index (χ1n) is 13.9. The first-order valence-corrected chi connectivity index (χ1v) is 15.1. The van der Waals surface area contributed by atoms with E-state index < -0.39 is 34.7 Å². The zero-order chi connectivity index (χ0) is 28.1. The van der Waals surface area contributed by atoms with Gasteiger partial charge in [0.1, 0.15) is 0 Å². The van der Waals surface area contributed by atoms with Crippen molar-refractivity contribution in [2.45, 2.75) is 115 Å². The highest BCUT2D eigenvalue weighted by Crippen LogP contribution is 2.33. The zero-order valence-corrected chi connectivity index (χ0v) is 24.0. The van der Waals surface area contributed by atoms with Gasteiger partial charge in [0.2, 0.25) is 11.7 Å². The van der Waals surface area contributed by atoms with Crippen molar-refractivity contribution in [3.05, 3.63) is 11.6 Å². The fourth-order valence-corrected chi connectivity index (χ4v) is 6.67. The van der Waals surface area contributed by atoms with E-state index in [0.29, 0.717) is 18.7 Å². The van der Waals surface area contributed by atoms with Gasteiger partial charge in [-0.05, 0) is 50.9 Å². The molecule has 0 aromatic heterocycles. The van der Waals surface area contributed by atoms with Crippen LogP contribution in [0.15, 0.2) is 11.6 Å². The Balaban J connectivity index is 1.67. The van der Waals surface area contributed by atoms with Gasteiger partial charge in [-0.15, -0.1) is 0 Å². The molecule has 0 bridgehead atoms. The van der Waals surface area contributed by atoms with E-state index in [1.54, 1.807) is 0 Å². The van der Waals surface area contributed by atoms with Crippen LogP contribution >= 0.6 is 0 Å². The standard InChI is InChI=1S/C26H47N5O6S/c1-17(31-14-8-9-19(31)22(33)27-15-20(32)23(34)28-18-10-11-18)21(25(2,3)4)29-24(35)30-26(16-38(36)37)12-6-5-7-13-26/h17-18,21,24,27,29-30,33,35H,5-16H2,1-4H3,(H,28,34)(H,36,37)/b22-19-/t17?,21-,24?/m1/s1. The molecule has 1 heterocycles. The lowest BCUT2D eigenvalue weighted by Crippen LogP contribution is -2.64. The van der Waals surface area contributed by atoms with Gasteiger partial charge in [0.05, 0.1) is 18.0 Å². The summed E-state index contributed by atoms with van der Waals surface area (Å²) in [6.45, 7) is 8.66. The molecule has 1 amide bonds. The van der Waals surface area contributed by atoms with Crippen LogP contribution in [0.5, 0.6) is 0 Å². The number of hydrogen-bond acceptors (Lipinski definition) is 9. The molecule has 7 N–H and O–H groups in total. The molecule has 4 atom stereocenters. The van der Waals surface area contributed by atoms with Crippen molar-refractivity contribution < 1.29 is 28.6 Å². The van der Waals surface area contributed by atoms with Crippen molar-refractivity contribution in [1.29, 1.82) is 0 Å². The first kappa shape index (κ1) is 30.8. The number of nitrogens with one attached hydrogen (secondary N) is 4. The Morgan fingerprint density at radius 3 is 2.39 bits per heavy atom. The van der Waals surface area contributed by atoms with Crippen LogP contribution in [0, 0.1) is 5.41 Å². The van der Waals surface area contributed by atoms with Gasteiger partial charge in [-0.2, -0.15) is 0 Å². The molecule has 11 nitrogen and oxygen atoms in total. The average molecular weight is 558 g/mol. The number of carbonyl (C=O) groups is 2. The van der Waals surface area contributed by atoms with Gasteiger partial charge in [0.25, 0.3) is 5.91 Å². The third-order valence-electron chi connectivity index (χ3n) is 7.91. The van der Waals surface area contributed by atoms with E-state index in [9.17, 15) is 28.6 Å². The normalized spacial score (nSPS) is 24.3. The lowest BCUT2D eigenvalue weighted by atomic mass is 9.81. The molecule has 0 radical (unpaired) electrons. The molecule has 3 aliphatic rings. The Morgan fingerprint density at radius 1 is 1.16 bits per heavy atom. The number of hydrogen-bond donors (Lipinski definition) is 7. The molecule has 3 unspecified atom stereocenters. The number of aliphatic hydroxyl groups is 2. The zero-order valence-electron chi connectivity index (χ0n) is 23.2. The third kappa shape index (κ3) is 8.64. The molecule has 0 spiro atoms. The molecule has 0 aromatic carbocycles. The maximum atomic E-state index is 12.2. The van der Waals surface area contributed by atoms with Gasteiger partial charge in [0.15, 0.2) is 17.4 Å². The van der Waals surface area contributed by atoms with E-state index in [0.717, 1.165) is 51.4 Å². The highest BCUT2D eigenvalue weighted by Gasteiger charge is 2.40. The highest BCUT2D eigenvalue weighted by atomic mass is 32.2. The second kappa shape index (κ2) is 13.1. The SMILES string of the molecule is CC([C@@H](NC(O)NC1(CS(=O)O)CCCCC1)C(C)(C)C)N1CCC/C1=C(/O)NCC(=O)C(=O)NC1CC1. The summed E-state index contributed by atoms with van der Waals surface area (Å²) in [5.74, 6) is -1.30. The number of carbonyl (C=O) groups excluding carboxylic acids is 2. The molecule has 12 heteroatoms. The van der Waals surface area contributed by atoms with E-state index in [1.807, 2.05) is 6.92 Å². The second-order valence-electron chi connectivity index (χ2n) is 12.2. The third-order valence-corrected chi connectivity index (χ3v) is 8.71. The van der Waals surface area contributed by atoms with Gasteiger partial charge in [-0.1, -0.05) is 40.0 Å². The van der Waals surface area contributed by atoms with Crippen LogP contribution in [-0.2, 0) is 20.7 Å². The van der Waals surface area contributed by atoms with Crippen molar-refractivity contribution >= 4 is 22.8 Å². The number of Topliss-reactive ketones (excluding diaryl/α,β-unsaturated/α-hetero) is 1. The summed E-state index contributed by atoms with van der Waals surface area (Å²) >= 11 is -1.98. The van der Waals surface area contributed by atoms with Crippen LogP contribution in [0.1, 0.15) is 85.5 Å². The average Bonchev–Trinajstić information content (AvgIpc) is 3.50. The Kier molecular flexibility index (Phi) is 10.6.